The highest BCUT2D eigenvalue weighted by molar-refractivity contribution is 5.85. The van der Waals surface area contributed by atoms with Crippen LogP contribution in [0.1, 0.15) is 40.5 Å². The van der Waals surface area contributed by atoms with E-state index in [0.717, 1.165) is 18.6 Å². The maximum absolute atomic E-state index is 12.4. The summed E-state index contributed by atoms with van der Waals surface area (Å²) in [6, 6.07) is 9.62. The van der Waals surface area contributed by atoms with Gasteiger partial charge in [-0.25, -0.2) is 0 Å². The first kappa shape index (κ1) is 20.7. The molecule has 0 aliphatic carbocycles. The zero-order chi connectivity index (χ0) is 15.9. The standard InChI is InChI=1S/C17H28N2O2.ClH/c1-5-17(6-2,12-18)15(20)19-13-16(3,4)21-14-10-8-7-9-11-14;/h7-11H,5-6,12-13,18H2,1-4H3,(H,19,20);1H. The van der Waals surface area contributed by atoms with Crippen LogP contribution in [0.5, 0.6) is 5.75 Å². The maximum Gasteiger partial charge on any atom is 0.227 e. The van der Waals surface area contributed by atoms with Crippen molar-refractivity contribution in [3.8, 4) is 5.75 Å². The van der Waals surface area contributed by atoms with Gasteiger partial charge >= 0.3 is 0 Å². The lowest BCUT2D eigenvalue weighted by Gasteiger charge is -2.32. The Hall–Kier alpha value is -1.26. The van der Waals surface area contributed by atoms with Gasteiger partial charge in [0.2, 0.25) is 5.91 Å². The average molecular weight is 329 g/mol. The van der Waals surface area contributed by atoms with Gasteiger partial charge in [0.05, 0.1) is 12.0 Å². The molecule has 0 aromatic heterocycles. The summed E-state index contributed by atoms with van der Waals surface area (Å²) < 4.78 is 5.92. The number of carbonyl (C=O) groups is 1. The quantitative estimate of drug-likeness (QED) is 0.770. The first-order chi connectivity index (χ1) is 9.89. The van der Waals surface area contributed by atoms with Gasteiger partial charge in [0, 0.05) is 6.54 Å². The molecule has 1 aromatic carbocycles. The molecule has 1 amide bonds. The molecule has 126 valence electrons. The third kappa shape index (κ3) is 5.50. The summed E-state index contributed by atoms with van der Waals surface area (Å²) in [4.78, 5) is 12.4. The van der Waals surface area contributed by atoms with Crippen LogP contribution in [-0.4, -0.2) is 24.6 Å². The second-order valence-electron chi connectivity index (χ2n) is 6.05. The summed E-state index contributed by atoms with van der Waals surface area (Å²) in [5.41, 5.74) is 4.86. The molecule has 5 heteroatoms. The van der Waals surface area contributed by atoms with Gasteiger partial charge in [-0.15, -0.1) is 12.4 Å². The minimum absolute atomic E-state index is 0. The van der Waals surface area contributed by atoms with Crippen LogP contribution in [0, 0.1) is 5.41 Å². The largest absolute Gasteiger partial charge is 0.486 e. The molecule has 0 bridgehead atoms. The van der Waals surface area contributed by atoms with Crippen molar-refractivity contribution in [2.45, 2.75) is 46.1 Å². The van der Waals surface area contributed by atoms with Gasteiger partial charge in [-0.1, -0.05) is 32.0 Å². The molecule has 1 rings (SSSR count). The Labute approximate surface area is 140 Å². The Morgan fingerprint density at radius 1 is 1.18 bits per heavy atom. The van der Waals surface area contributed by atoms with Gasteiger partial charge in [-0.05, 0) is 38.8 Å². The van der Waals surface area contributed by atoms with E-state index < -0.39 is 11.0 Å². The highest BCUT2D eigenvalue weighted by atomic mass is 35.5. The van der Waals surface area contributed by atoms with E-state index in [1.165, 1.54) is 0 Å². The summed E-state index contributed by atoms with van der Waals surface area (Å²) in [6.45, 7) is 8.74. The maximum atomic E-state index is 12.4. The van der Waals surface area contributed by atoms with Crippen molar-refractivity contribution in [2.75, 3.05) is 13.1 Å². The number of amides is 1. The second kappa shape index (κ2) is 9.01. The fourth-order valence-corrected chi connectivity index (χ4v) is 2.28. The SMILES string of the molecule is CCC(CC)(CN)C(=O)NCC(C)(C)Oc1ccccc1.Cl. The smallest absolute Gasteiger partial charge is 0.227 e. The van der Waals surface area contributed by atoms with Crippen LogP contribution < -0.4 is 15.8 Å². The molecule has 0 aliphatic rings. The summed E-state index contributed by atoms with van der Waals surface area (Å²) in [6.07, 6.45) is 1.48. The van der Waals surface area contributed by atoms with Crippen LogP contribution in [0.25, 0.3) is 0 Å². The van der Waals surface area contributed by atoms with Crippen molar-refractivity contribution >= 4 is 18.3 Å². The van der Waals surface area contributed by atoms with Gasteiger partial charge in [-0.3, -0.25) is 4.79 Å². The molecule has 0 saturated heterocycles. The molecule has 0 aliphatic heterocycles. The van der Waals surface area contributed by atoms with E-state index in [4.69, 9.17) is 10.5 Å². The van der Waals surface area contributed by atoms with Crippen LogP contribution >= 0.6 is 12.4 Å². The van der Waals surface area contributed by atoms with Crippen LogP contribution in [0.2, 0.25) is 0 Å². The number of halogens is 1. The Morgan fingerprint density at radius 3 is 2.18 bits per heavy atom. The zero-order valence-electron chi connectivity index (χ0n) is 14.0. The van der Waals surface area contributed by atoms with Crippen molar-refractivity contribution < 1.29 is 9.53 Å². The normalized spacial score (nSPS) is 11.5. The number of benzene rings is 1. The van der Waals surface area contributed by atoms with Gasteiger partial charge in [-0.2, -0.15) is 0 Å². The van der Waals surface area contributed by atoms with E-state index in [1.807, 2.05) is 58.0 Å². The zero-order valence-corrected chi connectivity index (χ0v) is 14.8. The highest BCUT2D eigenvalue weighted by Gasteiger charge is 2.34. The first-order valence-corrected chi connectivity index (χ1v) is 7.61. The van der Waals surface area contributed by atoms with Crippen molar-refractivity contribution in [1.29, 1.82) is 0 Å². The molecule has 0 heterocycles. The average Bonchev–Trinajstić information content (AvgIpc) is 2.48. The number of para-hydroxylation sites is 1. The van der Waals surface area contributed by atoms with Crippen molar-refractivity contribution in [3.05, 3.63) is 30.3 Å². The van der Waals surface area contributed by atoms with Crippen LogP contribution in [0.3, 0.4) is 0 Å². The molecule has 0 atom stereocenters. The summed E-state index contributed by atoms with van der Waals surface area (Å²) in [7, 11) is 0. The fraction of sp³-hybridized carbons (Fsp3) is 0.588. The number of hydrogen-bond donors (Lipinski definition) is 2. The molecule has 0 spiro atoms. The van der Waals surface area contributed by atoms with Gasteiger partial charge in [0.1, 0.15) is 11.4 Å². The second-order valence-corrected chi connectivity index (χ2v) is 6.05. The summed E-state index contributed by atoms with van der Waals surface area (Å²) in [5.74, 6) is 0.813. The molecule has 0 saturated carbocycles. The molecular formula is C17H29ClN2O2. The van der Waals surface area contributed by atoms with E-state index >= 15 is 0 Å². The third-order valence-corrected chi connectivity index (χ3v) is 4.04. The number of hydrogen-bond acceptors (Lipinski definition) is 3. The Morgan fingerprint density at radius 2 is 1.73 bits per heavy atom. The minimum atomic E-state index is -0.473. The summed E-state index contributed by atoms with van der Waals surface area (Å²) >= 11 is 0. The van der Waals surface area contributed by atoms with E-state index in [0.29, 0.717) is 13.1 Å². The number of carbonyl (C=O) groups excluding carboxylic acids is 1. The molecule has 22 heavy (non-hydrogen) atoms. The van der Waals surface area contributed by atoms with Crippen molar-refractivity contribution in [2.24, 2.45) is 11.1 Å². The van der Waals surface area contributed by atoms with Crippen molar-refractivity contribution in [3.63, 3.8) is 0 Å². The van der Waals surface area contributed by atoms with Gasteiger partial charge < -0.3 is 15.8 Å². The van der Waals surface area contributed by atoms with E-state index in [9.17, 15) is 4.79 Å². The first-order valence-electron chi connectivity index (χ1n) is 7.61. The van der Waals surface area contributed by atoms with E-state index in [-0.39, 0.29) is 18.3 Å². The lowest BCUT2D eigenvalue weighted by molar-refractivity contribution is -0.131. The fourth-order valence-electron chi connectivity index (χ4n) is 2.28. The van der Waals surface area contributed by atoms with Gasteiger partial charge in [0.15, 0.2) is 0 Å². The highest BCUT2D eigenvalue weighted by Crippen LogP contribution is 2.25. The predicted molar refractivity (Wildman–Crippen MR) is 93.5 cm³/mol. The molecule has 4 nitrogen and oxygen atoms in total. The molecule has 0 fully saturated rings. The third-order valence-electron chi connectivity index (χ3n) is 4.04. The van der Waals surface area contributed by atoms with Crippen molar-refractivity contribution in [1.82, 2.24) is 5.32 Å². The molecular weight excluding hydrogens is 300 g/mol. The number of nitrogens with two attached hydrogens (primary N) is 1. The van der Waals surface area contributed by atoms with Crippen LogP contribution in [-0.2, 0) is 4.79 Å². The van der Waals surface area contributed by atoms with Gasteiger partial charge in [0.25, 0.3) is 0 Å². The lowest BCUT2D eigenvalue weighted by Crippen LogP contribution is -2.50. The molecule has 3 N–H and O–H groups in total. The van der Waals surface area contributed by atoms with E-state index in [2.05, 4.69) is 5.32 Å². The number of nitrogens with one attached hydrogen (secondary N) is 1. The van der Waals surface area contributed by atoms with Crippen LogP contribution in [0.15, 0.2) is 30.3 Å². The monoisotopic (exact) mass is 328 g/mol. The Balaban J connectivity index is 0.00000441. The Bertz CT molecular complexity index is 437. The number of ether oxygens (including phenoxy) is 1. The van der Waals surface area contributed by atoms with Crippen LogP contribution in [0.4, 0.5) is 0 Å². The molecule has 0 radical (unpaired) electrons. The molecule has 1 aromatic rings. The molecule has 0 unspecified atom stereocenters. The topological polar surface area (TPSA) is 64.4 Å². The van der Waals surface area contributed by atoms with E-state index in [1.54, 1.807) is 0 Å². The summed E-state index contributed by atoms with van der Waals surface area (Å²) in [5, 5.41) is 2.99. The minimum Gasteiger partial charge on any atom is -0.486 e. The Kier molecular flexibility index (Phi) is 8.49. The predicted octanol–water partition coefficient (Wildman–Crippen LogP) is 3.15. The lowest BCUT2D eigenvalue weighted by atomic mass is 9.81. The number of rotatable bonds is 8.